The Labute approximate surface area is 219 Å². The molecule has 0 aliphatic heterocycles. The molecular weight excluding hydrogens is 462 g/mol. The molecule has 0 radical (unpaired) electrons. The van der Waals surface area contributed by atoms with Crippen molar-refractivity contribution in [3.63, 3.8) is 0 Å². The largest absolute Gasteiger partial charge is 0.508 e. The maximum Gasteiger partial charge on any atom is 0.115 e. The molecule has 5 nitrogen and oxygen atoms in total. The standard InChI is InChI=1S/C32H35NO4/c1-32(23-36-21-27-10-16-30(34)17-11-27,24-37-22-28-12-18-31(35)19-13-28)33(2)29-14-8-26(9-15-29)20-25-6-4-3-5-7-25/h3-19,34-35H,20-24H2,1-2H3. The van der Waals surface area contributed by atoms with E-state index in [9.17, 15) is 10.2 Å². The number of benzene rings is 4. The second-order valence-electron chi connectivity index (χ2n) is 9.70. The van der Waals surface area contributed by atoms with Gasteiger partial charge in [-0.25, -0.2) is 0 Å². The van der Waals surface area contributed by atoms with E-state index in [0.717, 1.165) is 23.2 Å². The van der Waals surface area contributed by atoms with E-state index in [0.29, 0.717) is 26.4 Å². The monoisotopic (exact) mass is 497 g/mol. The van der Waals surface area contributed by atoms with Crippen LogP contribution in [-0.4, -0.2) is 36.0 Å². The smallest absolute Gasteiger partial charge is 0.115 e. The van der Waals surface area contributed by atoms with Crippen molar-refractivity contribution in [1.82, 2.24) is 0 Å². The Morgan fingerprint density at radius 3 is 1.51 bits per heavy atom. The first-order chi connectivity index (χ1) is 17.9. The van der Waals surface area contributed by atoms with Crippen molar-refractivity contribution in [3.05, 3.63) is 125 Å². The third kappa shape index (κ3) is 7.59. The van der Waals surface area contributed by atoms with Crippen molar-refractivity contribution in [1.29, 1.82) is 0 Å². The van der Waals surface area contributed by atoms with Gasteiger partial charge in [0.05, 0.1) is 32.0 Å². The Bertz CT molecular complexity index is 1170. The highest BCUT2D eigenvalue weighted by atomic mass is 16.5. The predicted octanol–water partition coefficient (Wildman–Crippen LogP) is 6.32. The van der Waals surface area contributed by atoms with Crippen LogP contribution in [0.4, 0.5) is 5.69 Å². The molecule has 37 heavy (non-hydrogen) atoms. The van der Waals surface area contributed by atoms with E-state index in [4.69, 9.17) is 9.47 Å². The Kier molecular flexibility index (Phi) is 8.83. The molecule has 0 aliphatic rings. The molecule has 4 aromatic carbocycles. The Hall–Kier alpha value is -3.80. The third-order valence-electron chi connectivity index (χ3n) is 6.62. The first kappa shape index (κ1) is 26.3. The van der Waals surface area contributed by atoms with Gasteiger partial charge in [-0.1, -0.05) is 66.7 Å². The average molecular weight is 498 g/mol. The van der Waals surface area contributed by atoms with E-state index in [1.165, 1.54) is 11.1 Å². The van der Waals surface area contributed by atoms with Crippen LogP contribution in [0, 0.1) is 0 Å². The Morgan fingerprint density at radius 2 is 1.03 bits per heavy atom. The molecule has 4 aromatic rings. The highest BCUT2D eigenvalue weighted by Gasteiger charge is 2.31. The molecule has 0 fully saturated rings. The maximum atomic E-state index is 9.54. The minimum absolute atomic E-state index is 0.242. The van der Waals surface area contributed by atoms with Gasteiger partial charge >= 0.3 is 0 Å². The van der Waals surface area contributed by atoms with Gasteiger partial charge in [-0.15, -0.1) is 0 Å². The van der Waals surface area contributed by atoms with E-state index in [1.807, 2.05) is 30.3 Å². The zero-order valence-electron chi connectivity index (χ0n) is 21.5. The van der Waals surface area contributed by atoms with Crippen LogP contribution >= 0.6 is 0 Å². The summed E-state index contributed by atoms with van der Waals surface area (Å²) in [6.07, 6.45) is 0.896. The van der Waals surface area contributed by atoms with Crippen LogP contribution in [0.2, 0.25) is 0 Å². The lowest BCUT2D eigenvalue weighted by Gasteiger charge is -2.40. The van der Waals surface area contributed by atoms with Gasteiger partial charge in [0.15, 0.2) is 0 Å². The first-order valence-electron chi connectivity index (χ1n) is 12.5. The molecule has 0 heterocycles. The Balaban J connectivity index is 1.44. The zero-order chi connectivity index (χ0) is 26.1. The van der Waals surface area contributed by atoms with Crippen LogP contribution in [0.1, 0.15) is 29.2 Å². The van der Waals surface area contributed by atoms with Crippen molar-refractivity contribution in [2.45, 2.75) is 32.1 Å². The van der Waals surface area contributed by atoms with Crippen LogP contribution in [0.5, 0.6) is 11.5 Å². The van der Waals surface area contributed by atoms with Gasteiger partial charge in [-0.2, -0.15) is 0 Å². The van der Waals surface area contributed by atoms with Crippen LogP contribution in [0.25, 0.3) is 0 Å². The molecular formula is C32H35NO4. The van der Waals surface area contributed by atoms with E-state index in [1.54, 1.807) is 24.3 Å². The Morgan fingerprint density at radius 1 is 0.595 bits per heavy atom. The quantitative estimate of drug-likeness (QED) is 0.240. The van der Waals surface area contributed by atoms with Crippen molar-refractivity contribution in [2.24, 2.45) is 0 Å². The number of phenolic OH excluding ortho intramolecular Hbond substituents is 2. The molecule has 5 heteroatoms. The highest BCUT2D eigenvalue weighted by Crippen LogP contribution is 2.26. The van der Waals surface area contributed by atoms with Crippen molar-refractivity contribution in [3.8, 4) is 11.5 Å². The van der Waals surface area contributed by atoms with Crippen molar-refractivity contribution >= 4 is 5.69 Å². The van der Waals surface area contributed by atoms with Crippen LogP contribution in [-0.2, 0) is 29.1 Å². The summed E-state index contributed by atoms with van der Waals surface area (Å²) in [7, 11) is 2.07. The van der Waals surface area contributed by atoms with Crippen LogP contribution < -0.4 is 4.90 Å². The maximum absolute atomic E-state index is 9.54. The molecule has 4 rings (SSSR count). The molecule has 0 amide bonds. The van der Waals surface area contributed by atoms with Gasteiger partial charge in [0.1, 0.15) is 11.5 Å². The summed E-state index contributed by atoms with van der Waals surface area (Å²) in [6, 6.07) is 33.2. The zero-order valence-corrected chi connectivity index (χ0v) is 21.5. The fraction of sp³-hybridized carbons (Fsp3) is 0.250. The number of hydrogen-bond donors (Lipinski definition) is 2. The molecule has 2 N–H and O–H groups in total. The van der Waals surface area contributed by atoms with Crippen molar-refractivity contribution in [2.75, 3.05) is 25.2 Å². The second-order valence-corrected chi connectivity index (χ2v) is 9.70. The fourth-order valence-corrected chi connectivity index (χ4v) is 4.18. The first-order valence-corrected chi connectivity index (χ1v) is 12.5. The summed E-state index contributed by atoms with van der Waals surface area (Å²) in [5.74, 6) is 0.485. The highest BCUT2D eigenvalue weighted by molar-refractivity contribution is 5.50. The van der Waals surface area contributed by atoms with E-state index >= 15 is 0 Å². The van der Waals surface area contributed by atoms with Gasteiger partial charge in [0.25, 0.3) is 0 Å². The number of nitrogens with zero attached hydrogens (tertiary/aromatic N) is 1. The minimum atomic E-state index is -0.436. The number of phenols is 2. The number of likely N-dealkylation sites (N-methyl/N-ethyl adjacent to an activating group) is 1. The number of anilines is 1. The van der Waals surface area contributed by atoms with Gasteiger partial charge in [0, 0.05) is 12.7 Å². The third-order valence-corrected chi connectivity index (χ3v) is 6.62. The molecule has 0 bridgehead atoms. The molecule has 0 aliphatic carbocycles. The summed E-state index contributed by atoms with van der Waals surface area (Å²) >= 11 is 0. The van der Waals surface area contributed by atoms with E-state index in [2.05, 4.69) is 67.4 Å². The molecule has 192 valence electrons. The van der Waals surface area contributed by atoms with Crippen LogP contribution in [0.3, 0.4) is 0 Å². The topological polar surface area (TPSA) is 62.2 Å². The molecule has 0 unspecified atom stereocenters. The van der Waals surface area contributed by atoms with Gasteiger partial charge in [0.2, 0.25) is 0 Å². The molecule has 0 saturated carbocycles. The SMILES string of the molecule is CN(c1ccc(Cc2ccccc2)cc1)C(C)(COCc1ccc(O)cc1)COCc1ccc(O)cc1. The van der Waals surface area contributed by atoms with Crippen molar-refractivity contribution < 1.29 is 19.7 Å². The predicted molar refractivity (Wildman–Crippen MR) is 148 cm³/mol. The number of aromatic hydroxyl groups is 2. The lowest BCUT2D eigenvalue weighted by molar-refractivity contribution is 0.0164. The summed E-state index contributed by atoms with van der Waals surface area (Å²) < 4.78 is 12.3. The summed E-state index contributed by atoms with van der Waals surface area (Å²) in [5, 5.41) is 19.1. The lowest BCUT2D eigenvalue weighted by Crippen LogP contribution is -2.51. The van der Waals surface area contributed by atoms with Crippen LogP contribution in [0.15, 0.2) is 103 Å². The molecule has 0 atom stereocenters. The minimum Gasteiger partial charge on any atom is -0.508 e. The van der Waals surface area contributed by atoms with Gasteiger partial charge in [-0.05, 0) is 72.0 Å². The molecule has 0 saturated heterocycles. The van der Waals surface area contributed by atoms with E-state index < -0.39 is 5.54 Å². The number of ether oxygens (including phenoxy) is 2. The fourth-order valence-electron chi connectivity index (χ4n) is 4.18. The number of hydrogen-bond acceptors (Lipinski definition) is 5. The second kappa shape index (κ2) is 12.4. The lowest BCUT2D eigenvalue weighted by atomic mass is 10.00. The van der Waals surface area contributed by atoms with Gasteiger partial charge < -0.3 is 24.6 Å². The summed E-state index contributed by atoms with van der Waals surface area (Å²) in [5.41, 5.74) is 5.20. The number of rotatable bonds is 12. The van der Waals surface area contributed by atoms with E-state index in [-0.39, 0.29) is 11.5 Å². The molecule has 0 aromatic heterocycles. The normalized spacial score (nSPS) is 11.4. The van der Waals surface area contributed by atoms with Gasteiger partial charge in [-0.3, -0.25) is 0 Å². The average Bonchev–Trinajstić information content (AvgIpc) is 2.92. The summed E-state index contributed by atoms with van der Waals surface area (Å²) in [6.45, 7) is 3.92. The molecule has 0 spiro atoms. The summed E-state index contributed by atoms with van der Waals surface area (Å²) in [4.78, 5) is 2.22.